The van der Waals surface area contributed by atoms with E-state index in [9.17, 15) is 14.4 Å². The summed E-state index contributed by atoms with van der Waals surface area (Å²) in [6.45, 7) is 8.86. The third-order valence-corrected chi connectivity index (χ3v) is 5.96. The number of amides is 3. The van der Waals surface area contributed by atoms with Crippen LogP contribution < -0.4 is 5.32 Å². The van der Waals surface area contributed by atoms with E-state index in [1.807, 2.05) is 17.9 Å². The summed E-state index contributed by atoms with van der Waals surface area (Å²) in [5, 5.41) is 3.35. The van der Waals surface area contributed by atoms with Crippen molar-refractivity contribution < 1.29 is 14.4 Å². The van der Waals surface area contributed by atoms with Crippen LogP contribution in [0.15, 0.2) is 18.2 Å². The largest absolute Gasteiger partial charge is 0.339 e. The number of fused-ring (bicyclic) bond motifs is 1. The number of piperazine rings is 1. The maximum atomic E-state index is 13.0. The lowest BCUT2D eigenvalue weighted by Crippen LogP contribution is -2.51. The first kappa shape index (κ1) is 20.8. The number of hydrogen-bond donors (Lipinski definition) is 1. The fourth-order valence-corrected chi connectivity index (χ4v) is 4.39. The van der Waals surface area contributed by atoms with Crippen molar-refractivity contribution in [2.24, 2.45) is 0 Å². The standard InChI is InChI=1S/C20H26N4O3.ClH/c1-13-3-4-16-17(11-13)20(27)24(19(16)26)14(2)18(25)23-8-5-15(12-23)22-9-6-21-7-10-22;/h3-4,11,14-15,21H,5-10,12H2,1-2H3;1H. The van der Waals surface area contributed by atoms with E-state index in [0.717, 1.165) is 43.1 Å². The van der Waals surface area contributed by atoms with Crippen molar-refractivity contribution in [3.63, 3.8) is 0 Å². The summed E-state index contributed by atoms with van der Waals surface area (Å²) in [5.41, 5.74) is 1.72. The van der Waals surface area contributed by atoms with Crippen molar-refractivity contribution in [1.29, 1.82) is 0 Å². The number of rotatable bonds is 3. The van der Waals surface area contributed by atoms with Gasteiger partial charge in [-0.15, -0.1) is 12.4 Å². The highest BCUT2D eigenvalue weighted by atomic mass is 35.5. The third-order valence-electron chi connectivity index (χ3n) is 5.96. The van der Waals surface area contributed by atoms with Crippen molar-refractivity contribution in [3.8, 4) is 0 Å². The second kappa shape index (κ2) is 8.19. The number of imide groups is 1. The van der Waals surface area contributed by atoms with Gasteiger partial charge in [0, 0.05) is 45.3 Å². The molecule has 2 unspecified atom stereocenters. The summed E-state index contributed by atoms with van der Waals surface area (Å²) in [6, 6.07) is 4.81. The number of aryl methyl sites for hydroxylation is 1. The molecule has 8 heteroatoms. The van der Waals surface area contributed by atoms with Crippen molar-refractivity contribution >= 4 is 30.1 Å². The Hall–Kier alpha value is -1.96. The van der Waals surface area contributed by atoms with Crippen molar-refractivity contribution in [3.05, 3.63) is 34.9 Å². The first-order valence-electron chi connectivity index (χ1n) is 9.69. The van der Waals surface area contributed by atoms with E-state index in [1.165, 1.54) is 0 Å². The van der Waals surface area contributed by atoms with Gasteiger partial charge in [0.1, 0.15) is 6.04 Å². The van der Waals surface area contributed by atoms with E-state index in [-0.39, 0.29) is 30.1 Å². The molecule has 0 aromatic heterocycles. The van der Waals surface area contributed by atoms with Crippen LogP contribution in [0.2, 0.25) is 0 Å². The van der Waals surface area contributed by atoms with Crippen LogP contribution in [-0.4, -0.2) is 83.8 Å². The van der Waals surface area contributed by atoms with Crippen molar-refractivity contribution in [2.75, 3.05) is 39.3 Å². The molecule has 3 aliphatic rings. The molecule has 2 fully saturated rings. The van der Waals surface area contributed by atoms with E-state index in [4.69, 9.17) is 0 Å². The molecule has 2 saturated heterocycles. The molecule has 28 heavy (non-hydrogen) atoms. The molecule has 1 aromatic rings. The molecule has 1 aromatic carbocycles. The molecule has 7 nitrogen and oxygen atoms in total. The second-order valence-electron chi connectivity index (χ2n) is 7.72. The quantitative estimate of drug-likeness (QED) is 0.755. The third kappa shape index (κ3) is 3.54. The average molecular weight is 407 g/mol. The monoisotopic (exact) mass is 406 g/mol. The maximum Gasteiger partial charge on any atom is 0.262 e. The fraction of sp³-hybridized carbons (Fsp3) is 0.550. The van der Waals surface area contributed by atoms with Gasteiger partial charge in [-0.1, -0.05) is 11.6 Å². The Balaban J connectivity index is 0.00000225. The normalized spacial score (nSPS) is 23.6. The Morgan fingerprint density at radius 3 is 2.50 bits per heavy atom. The van der Waals surface area contributed by atoms with Gasteiger partial charge in [-0.05, 0) is 32.4 Å². The highest BCUT2D eigenvalue weighted by Gasteiger charge is 2.43. The Morgan fingerprint density at radius 1 is 1.11 bits per heavy atom. The van der Waals surface area contributed by atoms with Gasteiger partial charge < -0.3 is 10.2 Å². The highest BCUT2D eigenvalue weighted by molar-refractivity contribution is 6.22. The molecule has 3 aliphatic heterocycles. The van der Waals surface area contributed by atoms with E-state index < -0.39 is 6.04 Å². The number of carbonyl (C=O) groups excluding carboxylic acids is 3. The zero-order valence-electron chi connectivity index (χ0n) is 16.3. The summed E-state index contributed by atoms with van der Waals surface area (Å²) < 4.78 is 0. The molecule has 1 N–H and O–H groups in total. The van der Waals surface area contributed by atoms with Gasteiger partial charge in [0.05, 0.1) is 11.1 Å². The van der Waals surface area contributed by atoms with Crippen LogP contribution in [0.25, 0.3) is 0 Å². The molecule has 2 atom stereocenters. The summed E-state index contributed by atoms with van der Waals surface area (Å²) in [4.78, 5) is 43.9. The van der Waals surface area contributed by atoms with Crippen LogP contribution in [0.1, 0.15) is 39.6 Å². The highest BCUT2D eigenvalue weighted by Crippen LogP contribution is 2.27. The molecule has 0 bridgehead atoms. The predicted molar refractivity (Wildman–Crippen MR) is 108 cm³/mol. The molecule has 0 radical (unpaired) electrons. The predicted octanol–water partition coefficient (Wildman–Crippen LogP) is 0.907. The Labute approximate surface area is 171 Å². The molecule has 0 saturated carbocycles. The Kier molecular flexibility index (Phi) is 6.07. The van der Waals surface area contributed by atoms with Crippen molar-refractivity contribution in [1.82, 2.24) is 20.0 Å². The molecule has 152 valence electrons. The minimum absolute atomic E-state index is 0. The van der Waals surface area contributed by atoms with Crippen LogP contribution >= 0.6 is 12.4 Å². The van der Waals surface area contributed by atoms with Crippen LogP contribution in [-0.2, 0) is 4.79 Å². The minimum Gasteiger partial charge on any atom is -0.339 e. The van der Waals surface area contributed by atoms with Gasteiger partial charge in [0.25, 0.3) is 11.8 Å². The fourth-order valence-electron chi connectivity index (χ4n) is 4.39. The first-order chi connectivity index (χ1) is 13.0. The number of carbonyl (C=O) groups is 3. The summed E-state index contributed by atoms with van der Waals surface area (Å²) >= 11 is 0. The van der Waals surface area contributed by atoms with E-state index in [2.05, 4.69) is 10.2 Å². The van der Waals surface area contributed by atoms with Gasteiger partial charge >= 0.3 is 0 Å². The lowest BCUT2D eigenvalue weighted by Gasteiger charge is -2.33. The molecular weight excluding hydrogens is 380 g/mol. The van der Waals surface area contributed by atoms with Gasteiger partial charge in [0.2, 0.25) is 5.91 Å². The lowest BCUT2D eigenvalue weighted by atomic mass is 10.1. The van der Waals surface area contributed by atoms with E-state index in [1.54, 1.807) is 19.1 Å². The zero-order chi connectivity index (χ0) is 19.1. The van der Waals surface area contributed by atoms with Gasteiger partial charge in [0.15, 0.2) is 0 Å². The van der Waals surface area contributed by atoms with E-state index in [0.29, 0.717) is 30.3 Å². The minimum atomic E-state index is -0.778. The maximum absolute atomic E-state index is 13.0. The van der Waals surface area contributed by atoms with Crippen LogP contribution in [0.4, 0.5) is 0 Å². The Bertz CT molecular complexity index is 794. The first-order valence-corrected chi connectivity index (χ1v) is 9.69. The summed E-state index contributed by atoms with van der Waals surface area (Å²) in [7, 11) is 0. The molecular formula is C20H27ClN4O3. The smallest absolute Gasteiger partial charge is 0.262 e. The number of likely N-dealkylation sites (tertiary alicyclic amines) is 1. The molecule has 4 rings (SSSR count). The van der Waals surface area contributed by atoms with Crippen molar-refractivity contribution in [2.45, 2.75) is 32.4 Å². The van der Waals surface area contributed by atoms with E-state index >= 15 is 0 Å². The number of hydrogen-bond acceptors (Lipinski definition) is 5. The zero-order valence-corrected chi connectivity index (χ0v) is 17.1. The second-order valence-corrected chi connectivity index (χ2v) is 7.72. The number of benzene rings is 1. The average Bonchev–Trinajstić information content (AvgIpc) is 3.26. The topological polar surface area (TPSA) is 73.0 Å². The molecule has 3 amide bonds. The number of nitrogens with one attached hydrogen (secondary N) is 1. The van der Waals surface area contributed by atoms with Gasteiger partial charge in [-0.25, -0.2) is 0 Å². The van der Waals surface area contributed by atoms with Crippen LogP contribution in [0.5, 0.6) is 0 Å². The van der Waals surface area contributed by atoms with Gasteiger partial charge in [-0.2, -0.15) is 0 Å². The SMILES string of the molecule is Cc1ccc2c(c1)C(=O)N(C(C)C(=O)N1CCC(N3CCNCC3)C1)C2=O.Cl. The molecule has 0 spiro atoms. The molecule has 0 aliphatic carbocycles. The molecule has 3 heterocycles. The van der Waals surface area contributed by atoms with Crippen LogP contribution in [0, 0.1) is 6.92 Å². The lowest BCUT2D eigenvalue weighted by molar-refractivity contribution is -0.134. The van der Waals surface area contributed by atoms with Crippen LogP contribution in [0.3, 0.4) is 0 Å². The van der Waals surface area contributed by atoms with Gasteiger partial charge in [-0.3, -0.25) is 24.2 Å². The number of halogens is 1. The number of nitrogens with zero attached hydrogens (tertiary/aromatic N) is 3. The Morgan fingerprint density at radius 2 is 1.79 bits per heavy atom. The summed E-state index contributed by atoms with van der Waals surface area (Å²) in [6.07, 6.45) is 0.944. The summed E-state index contributed by atoms with van der Waals surface area (Å²) in [5.74, 6) is -0.870.